The number of aryl methyl sites for hydroxylation is 2. The molecule has 1 aromatic carbocycles. The predicted molar refractivity (Wildman–Crippen MR) is 139 cm³/mol. The lowest BCUT2D eigenvalue weighted by atomic mass is 9.95. The quantitative estimate of drug-likeness (QED) is 0.457. The van der Waals surface area contributed by atoms with Crippen molar-refractivity contribution >= 4 is 34.7 Å². The fraction of sp³-hybridized carbons (Fsp3) is 0.407. The first-order valence-corrected chi connectivity index (χ1v) is 13.3. The molecular formula is C27H31N5O3S. The minimum absolute atomic E-state index is 0.118. The standard InChI is InChI=1S/C27H31N5O3S/c1-18-14-19(2)32(28-18)12-11-31-26(34)22-7-4-8-23(24(22)27(31)35)30-10-5-6-21(16-30)25(33)29(3)15-20-9-13-36-17-20/h4,7-9,13-14,17,21H,5-6,10-12,15-16H2,1-3H3/t21-/m1/s1. The molecule has 0 unspecified atom stereocenters. The topological polar surface area (TPSA) is 78.8 Å². The normalized spacial score (nSPS) is 17.6. The van der Waals surface area contributed by atoms with E-state index in [1.807, 2.05) is 55.2 Å². The van der Waals surface area contributed by atoms with Crippen molar-refractivity contribution in [3.63, 3.8) is 0 Å². The van der Waals surface area contributed by atoms with Gasteiger partial charge in [-0.3, -0.25) is 24.0 Å². The average Bonchev–Trinajstić information content (AvgIpc) is 3.56. The monoisotopic (exact) mass is 505 g/mol. The zero-order valence-corrected chi connectivity index (χ0v) is 21.8. The van der Waals surface area contributed by atoms with Gasteiger partial charge in [0, 0.05) is 38.9 Å². The molecule has 0 bridgehead atoms. The number of hydrogen-bond donors (Lipinski definition) is 0. The highest BCUT2D eigenvalue weighted by Gasteiger charge is 2.39. The van der Waals surface area contributed by atoms with Gasteiger partial charge in [-0.15, -0.1) is 0 Å². The molecular weight excluding hydrogens is 474 g/mol. The summed E-state index contributed by atoms with van der Waals surface area (Å²) >= 11 is 1.63. The predicted octanol–water partition coefficient (Wildman–Crippen LogP) is 3.73. The van der Waals surface area contributed by atoms with Crippen molar-refractivity contribution in [1.29, 1.82) is 0 Å². The molecule has 188 valence electrons. The Hall–Kier alpha value is -3.46. The van der Waals surface area contributed by atoms with E-state index in [0.717, 1.165) is 42.0 Å². The highest BCUT2D eigenvalue weighted by Crippen LogP contribution is 2.34. The van der Waals surface area contributed by atoms with Crippen molar-refractivity contribution in [3.8, 4) is 0 Å². The van der Waals surface area contributed by atoms with Crippen LogP contribution in [0.3, 0.4) is 0 Å². The van der Waals surface area contributed by atoms with Gasteiger partial charge in [0.2, 0.25) is 5.91 Å². The van der Waals surface area contributed by atoms with Crippen LogP contribution in [0.2, 0.25) is 0 Å². The van der Waals surface area contributed by atoms with Gasteiger partial charge in [-0.2, -0.15) is 16.4 Å². The Morgan fingerprint density at radius 3 is 2.72 bits per heavy atom. The lowest BCUT2D eigenvalue weighted by Crippen LogP contribution is -2.44. The Labute approximate surface area is 215 Å². The fourth-order valence-electron chi connectivity index (χ4n) is 5.32. The second-order valence-electron chi connectivity index (χ2n) is 9.72. The third-order valence-electron chi connectivity index (χ3n) is 7.10. The number of fused-ring (bicyclic) bond motifs is 1. The zero-order chi connectivity index (χ0) is 25.4. The molecule has 0 saturated carbocycles. The van der Waals surface area contributed by atoms with Crippen molar-refractivity contribution in [2.45, 2.75) is 39.8 Å². The Balaban J connectivity index is 1.31. The summed E-state index contributed by atoms with van der Waals surface area (Å²) in [6.07, 6.45) is 1.68. The van der Waals surface area contributed by atoms with Gasteiger partial charge in [0.1, 0.15) is 0 Å². The summed E-state index contributed by atoms with van der Waals surface area (Å²) in [5.41, 5.74) is 4.68. The molecule has 2 aliphatic heterocycles. The Morgan fingerprint density at radius 2 is 2.00 bits per heavy atom. The maximum Gasteiger partial charge on any atom is 0.263 e. The van der Waals surface area contributed by atoms with Crippen LogP contribution in [-0.4, -0.2) is 64.0 Å². The number of aromatic nitrogens is 2. The smallest absolute Gasteiger partial charge is 0.263 e. The van der Waals surface area contributed by atoms with E-state index in [1.54, 1.807) is 22.3 Å². The van der Waals surface area contributed by atoms with Gasteiger partial charge in [0.25, 0.3) is 11.8 Å². The molecule has 9 heteroatoms. The van der Waals surface area contributed by atoms with Gasteiger partial charge in [-0.1, -0.05) is 6.07 Å². The van der Waals surface area contributed by atoms with Gasteiger partial charge >= 0.3 is 0 Å². The van der Waals surface area contributed by atoms with E-state index in [-0.39, 0.29) is 30.2 Å². The largest absolute Gasteiger partial charge is 0.370 e. The molecule has 0 aliphatic carbocycles. The molecule has 0 radical (unpaired) electrons. The van der Waals surface area contributed by atoms with Gasteiger partial charge in [0.05, 0.1) is 35.0 Å². The van der Waals surface area contributed by atoms with E-state index < -0.39 is 0 Å². The number of piperidine rings is 1. The van der Waals surface area contributed by atoms with Crippen LogP contribution < -0.4 is 4.90 Å². The summed E-state index contributed by atoms with van der Waals surface area (Å²) < 4.78 is 1.83. The van der Waals surface area contributed by atoms with Gasteiger partial charge in [0.15, 0.2) is 0 Å². The van der Waals surface area contributed by atoms with Crippen LogP contribution in [0, 0.1) is 19.8 Å². The zero-order valence-electron chi connectivity index (χ0n) is 20.9. The van der Waals surface area contributed by atoms with Gasteiger partial charge in [-0.05, 0) is 67.3 Å². The SMILES string of the molecule is Cc1cc(C)n(CCN2C(=O)c3cccc(N4CCC[C@@H](C(=O)N(C)Cc5ccsc5)C4)c3C2=O)n1. The molecule has 0 spiro atoms. The first kappa shape index (κ1) is 24.2. The van der Waals surface area contributed by atoms with Gasteiger partial charge in [-0.25, -0.2) is 0 Å². The summed E-state index contributed by atoms with van der Waals surface area (Å²) in [5.74, 6) is -0.561. The van der Waals surface area contributed by atoms with E-state index in [1.165, 1.54) is 4.90 Å². The molecule has 3 amide bonds. The molecule has 2 aromatic heterocycles. The van der Waals surface area contributed by atoms with E-state index in [4.69, 9.17) is 0 Å². The van der Waals surface area contributed by atoms with E-state index in [2.05, 4.69) is 15.4 Å². The van der Waals surface area contributed by atoms with Crippen LogP contribution in [-0.2, 0) is 17.9 Å². The highest BCUT2D eigenvalue weighted by atomic mass is 32.1. The minimum Gasteiger partial charge on any atom is -0.370 e. The van der Waals surface area contributed by atoms with Crippen molar-refractivity contribution in [2.75, 3.05) is 31.6 Å². The second kappa shape index (κ2) is 9.89. The van der Waals surface area contributed by atoms with Crippen molar-refractivity contribution in [2.24, 2.45) is 5.92 Å². The summed E-state index contributed by atoms with van der Waals surface area (Å²) in [6, 6.07) is 9.47. The van der Waals surface area contributed by atoms with Crippen LogP contribution in [0.4, 0.5) is 5.69 Å². The molecule has 5 rings (SSSR count). The van der Waals surface area contributed by atoms with Crippen LogP contribution in [0.5, 0.6) is 0 Å². The maximum atomic E-state index is 13.5. The molecule has 1 saturated heterocycles. The fourth-order valence-corrected chi connectivity index (χ4v) is 5.98. The van der Waals surface area contributed by atoms with Crippen LogP contribution >= 0.6 is 11.3 Å². The average molecular weight is 506 g/mol. The maximum absolute atomic E-state index is 13.5. The number of hydrogen-bond acceptors (Lipinski definition) is 6. The third-order valence-corrected chi connectivity index (χ3v) is 7.84. The van der Waals surface area contributed by atoms with E-state index in [0.29, 0.717) is 30.8 Å². The molecule has 4 heterocycles. The Morgan fingerprint density at radius 1 is 1.17 bits per heavy atom. The minimum atomic E-state index is -0.268. The van der Waals surface area contributed by atoms with Crippen LogP contribution in [0.15, 0.2) is 41.1 Å². The first-order valence-electron chi connectivity index (χ1n) is 12.3. The Bertz CT molecular complexity index is 1300. The summed E-state index contributed by atoms with van der Waals surface area (Å²) in [7, 11) is 1.85. The molecule has 1 fully saturated rings. The van der Waals surface area contributed by atoms with Crippen LogP contribution in [0.1, 0.15) is 50.5 Å². The lowest BCUT2D eigenvalue weighted by Gasteiger charge is -2.36. The number of nitrogens with zero attached hydrogens (tertiary/aromatic N) is 5. The van der Waals surface area contributed by atoms with Crippen LogP contribution in [0.25, 0.3) is 0 Å². The van der Waals surface area contributed by atoms with Crippen molar-refractivity contribution < 1.29 is 14.4 Å². The number of thiophene rings is 1. The number of carbonyl (C=O) groups excluding carboxylic acids is 3. The van der Waals surface area contributed by atoms with Crippen molar-refractivity contribution in [3.05, 3.63) is 69.2 Å². The van der Waals surface area contributed by atoms with E-state index >= 15 is 0 Å². The molecule has 3 aromatic rings. The third kappa shape index (κ3) is 4.55. The summed E-state index contributed by atoms with van der Waals surface area (Å²) in [6.45, 7) is 6.50. The van der Waals surface area contributed by atoms with E-state index in [9.17, 15) is 14.4 Å². The number of carbonyl (C=O) groups is 3. The number of imide groups is 1. The lowest BCUT2D eigenvalue weighted by molar-refractivity contribution is -0.135. The summed E-state index contributed by atoms with van der Waals surface area (Å²) in [5, 5.41) is 8.53. The molecule has 1 atom stereocenters. The highest BCUT2D eigenvalue weighted by molar-refractivity contribution is 7.07. The number of amides is 3. The van der Waals surface area contributed by atoms with Crippen molar-refractivity contribution in [1.82, 2.24) is 19.6 Å². The summed E-state index contributed by atoms with van der Waals surface area (Å²) in [4.78, 5) is 45.1. The molecule has 8 nitrogen and oxygen atoms in total. The van der Waals surface area contributed by atoms with Gasteiger partial charge < -0.3 is 9.80 Å². The molecule has 0 N–H and O–H groups in total. The number of rotatable bonds is 7. The number of anilines is 1. The second-order valence-corrected chi connectivity index (χ2v) is 10.5. The first-order chi connectivity index (χ1) is 17.3. The number of benzene rings is 1. The Kier molecular flexibility index (Phi) is 6.66. The molecule has 36 heavy (non-hydrogen) atoms. The molecule has 2 aliphatic rings.